The van der Waals surface area contributed by atoms with Crippen LogP contribution in [0.3, 0.4) is 0 Å². The summed E-state index contributed by atoms with van der Waals surface area (Å²) in [5.74, 6) is -1.62. The molecule has 9 nitrogen and oxygen atoms in total. The van der Waals surface area contributed by atoms with Crippen molar-refractivity contribution in [3.05, 3.63) is 65.2 Å². The molecule has 1 fully saturated rings. The molecule has 4 atom stereocenters. The van der Waals surface area contributed by atoms with E-state index in [1.165, 1.54) is 11.3 Å². The third kappa shape index (κ3) is 6.74. The maximum absolute atomic E-state index is 13.6. The minimum absolute atomic E-state index is 0.0665. The lowest BCUT2D eigenvalue weighted by Crippen LogP contribution is -2.54. The predicted octanol–water partition coefficient (Wildman–Crippen LogP) is 3.83. The maximum Gasteiger partial charge on any atom is 0.408 e. The number of amides is 3. The number of rotatable bonds is 11. The monoisotopic (exact) mass is 536 g/mol. The fourth-order valence-electron chi connectivity index (χ4n) is 4.37. The van der Waals surface area contributed by atoms with Gasteiger partial charge in [-0.05, 0) is 36.5 Å². The van der Waals surface area contributed by atoms with E-state index in [2.05, 4.69) is 20.9 Å². The first-order chi connectivity index (χ1) is 18.4. The molecule has 2 heterocycles. The van der Waals surface area contributed by atoms with E-state index in [-0.39, 0.29) is 35.6 Å². The number of benzene rings is 2. The molecule has 3 amide bonds. The maximum atomic E-state index is 13.6. The van der Waals surface area contributed by atoms with Crippen LogP contribution in [0.15, 0.2) is 54.6 Å². The summed E-state index contributed by atoms with van der Waals surface area (Å²) >= 11 is 1.25. The van der Waals surface area contributed by atoms with Crippen LogP contribution in [0.2, 0.25) is 0 Å². The van der Waals surface area contributed by atoms with Crippen LogP contribution in [-0.4, -0.2) is 47.3 Å². The van der Waals surface area contributed by atoms with Gasteiger partial charge in [-0.2, -0.15) is 0 Å². The van der Waals surface area contributed by atoms with Crippen molar-refractivity contribution in [3.63, 3.8) is 0 Å². The van der Waals surface area contributed by atoms with Crippen molar-refractivity contribution in [2.75, 3.05) is 6.54 Å². The minimum atomic E-state index is -0.967. The third-order valence-corrected chi connectivity index (χ3v) is 7.85. The summed E-state index contributed by atoms with van der Waals surface area (Å²) in [7, 11) is 0. The van der Waals surface area contributed by atoms with E-state index in [4.69, 9.17) is 4.74 Å². The summed E-state index contributed by atoms with van der Waals surface area (Å²) in [6.07, 6.45) is 0.617. The van der Waals surface area contributed by atoms with E-state index < -0.39 is 30.0 Å². The molecular weight excluding hydrogens is 504 g/mol. The number of carbonyl (C=O) groups excluding carboxylic acids is 4. The van der Waals surface area contributed by atoms with Crippen LogP contribution in [0, 0.1) is 11.8 Å². The van der Waals surface area contributed by atoms with Gasteiger partial charge in [0.15, 0.2) is 5.01 Å². The van der Waals surface area contributed by atoms with Crippen molar-refractivity contribution >= 4 is 45.2 Å². The summed E-state index contributed by atoms with van der Waals surface area (Å²) in [4.78, 5) is 56.4. The second-order valence-corrected chi connectivity index (χ2v) is 10.5. The lowest BCUT2D eigenvalue weighted by Gasteiger charge is -2.26. The van der Waals surface area contributed by atoms with Crippen LogP contribution >= 0.6 is 11.3 Å². The van der Waals surface area contributed by atoms with Crippen molar-refractivity contribution in [2.45, 2.75) is 51.8 Å². The molecule has 0 aliphatic carbocycles. The number of alkyl carbamates (subject to hydrolysis) is 1. The van der Waals surface area contributed by atoms with Gasteiger partial charge >= 0.3 is 6.09 Å². The largest absolute Gasteiger partial charge is 0.445 e. The molecule has 1 aliphatic rings. The summed E-state index contributed by atoms with van der Waals surface area (Å²) in [6, 6.07) is 14.8. The first-order valence-corrected chi connectivity index (χ1v) is 13.6. The van der Waals surface area contributed by atoms with Gasteiger partial charge in [-0.15, -0.1) is 11.3 Å². The second kappa shape index (κ2) is 12.6. The summed E-state index contributed by atoms with van der Waals surface area (Å²) in [5, 5.41) is 8.55. The van der Waals surface area contributed by atoms with Gasteiger partial charge in [0.05, 0.1) is 16.3 Å². The van der Waals surface area contributed by atoms with Gasteiger partial charge in [0, 0.05) is 12.5 Å². The summed E-state index contributed by atoms with van der Waals surface area (Å²) in [6.45, 7) is 4.35. The summed E-state index contributed by atoms with van der Waals surface area (Å²) in [5.41, 5.74) is 1.52. The topological polar surface area (TPSA) is 126 Å². The number of nitrogens with one attached hydrogen (secondary N) is 3. The molecule has 1 aliphatic heterocycles. The fraction of sp³-hybridized carbons (Fsp3) is 0.393. The van der Waals surface area contributed by atoms with Gasteiger partial charge in [0.1, 0.15) is 12.6 Å². The third-order valence-electron chi connectivity index (χ3n) is 6.80. The fourth-order valence-corrected chi connectivity index (χ4v) is 5.33. The first-order valence-electron chi connectivity index (χ1n) is 12.8. The Hall–Kier alpha value is -3.79. The van der Waals surface area contributed by atoms with Gasteiger partial charge in [-0.1, -0.05) is 62.7 Å². The smallest absolute Gasteiger partial charge is 0.408 e. The van der Waals surface area contributed by atoms with Crippen molar-refractivity contribution in [1.82, 2.24) is 20.9 Å². The number of hydrogen-bond acceptors (Lipinski definition) is 7. The molecule has 38 heavy (non-hydrogen) atoms. The van der Waals surface area contributed by atoms with Crippen molar-refractivity contribution in [3.8, 4) is 0 Å². The number of hydrogen-bond donors (Lipinski definition) is 3. The highest BCUT2D eigenvalue weighted by Crippen LogP contribution is 2.25. The average molecular weight is 537 g/mol. The van der Waals surface area contributed by atoms with Crippen LogP contribution in [0.4, 0.5) is 4.79 Å². The number of aromatic nitrogens is 1. The molecule has 4 rings (SSSR count). The molecule has 0 unspecified atom stereocenters. The Labute approximate surface area is 225 Å². The Morgan fingerprint density at radius 1 is 1.11 bits per heavy atom. The van der Waals surface area contributed by atoms with Gasteiger partial charge in [0.2, 0.25) is 17.6 Å². The van der Waals surface area contributed by atoms with E-state index in [0.29, 0.717) is 24.9 Å². The number of nitrogens with zero attached hydrogens (tertiary/aromatic N) is 1. The molecule has 0 bridgehead atoms. The zero-order chi connectivity index (χ0) is 27.1. The van der Waals surface area contributed by atoms with Crippen LogP contribution < -0.4 is 16.0 Å². The van der Waals surface area contributed by atoms with Crippen molar-refractivity contribution in [2.24, 2.45) is 11.8 Å². The molecule has 10 heteroatoms. The molecule has 0 saturated carbocycles. The van der Waals surface area contributed by atoms with Crippen LogP contribution in [0.25, 0.3) is 10.2 Å². The Kier molecular flexibility index (Phi) is 9.06. The zero-order valence-corrected chi connectivity index (χ0v) is 22.3. The van der Waals surface area contributed by atoms with E-state index in [1.54, 1.807) is 0 Å². The van der Waals surface area contributed by atoms with E-state index >= 15 is 0 Å². The minimum Gasteiger partial charge on any atom is -0.445 e. The highest BCUT2D eigenvalue weighted by Gasteiger charge is 2.35. The van der Waals surface area contributed by atoms with Crippen LogP contribution in [0.5, 0.6) is 0 Å². The molecule has 3 N–H and O–H groups in total. The second-order valence-electron chi connectivity index (χ2n) is 9.49. The van der Waals surface area contributed by atoms with Crippen molar-refractivity contribution < 1.29 is 23.9 Å². The number of ketones is 1. The quantitative estimate of drug-likeness (QED) is 0.320. The Bertz CT molecular complexity index is 1260. The molecule has 200 valence electrons. The SMILES string of the molecule is CC[C@@H](C)[C@H](NC(=O)OCc1ccccc1)C(=O)N[C@@H](C[C@@H]1CCNC1=O)C(=O)c1nc2ccccc2s1. The first kappa shape index (κ1) is 27.3. The molecule has 3 aromatic rings. The molecule has 2 aromatic carbocycles. The summed E-state index contributed by atoms with van der Waals surface area (Å²) < 4.78 is 6.18. The lowest BCUT2D eigenvalue weighted by atomic mass is 9.94. The predicted molar refractivity (Wildman–Crippen MR) is 145 cm³/mol. The highest BCUT2D eigenvalue weighted by atomic mass is 32.1. The van der Waals surface area contributed by atoms with E-state index in [1.807, 2.05) is 68.4 Å². The number of carbonyl (C=O) groups is 4. The van der Waals surface area contributed by atoms with Crippen molar-refractivity contribution in [1.29, 1.82) is 0 Å². The van der Waals surface area contributed by atoms with E-state index in [0.717, 1.165) is 10.3 Å². The van der Waals surface area contributed by atoms with Gasteiger partial charge < -0.3 is 20.7 Å². The lowest BCUT2D eigenvalue weighted by molar-refractivity contribution is -0.126. The Morgan fingerprint density at radius 3 is 2.53 bits per heavy atom. The molecule has 1 saturated heterocycles. The highest BCUT2D eigenvalue weighted by molar-refractivity contribution is 7.20. The Morgan fingerprint density at radius 2 is 1.84 bits per heavy atom. The number of thiazole rings is 1. The van der Waals surface area contributed by atoms with Gasteiger partial charge in [-0.25, -0.2) is 9.78 Å². The van der Waals surface area contributed by atoms with Gasteiger partial charge in [0.25, 0.3) is 0 Å². The van der Waals surface area contributed by atoms with Crippen LogP contribution in [0.1, 0.15) is 48.5 Å². The van der Waals surface area contributed by atoms with Gasteiger partial charge in [-0.3, -0.25) is 14.4 Å². The molecular formula is C28H32N4O5S. The molecule has 1 aromatic heterocycles. The Balaban J connectivity index is 1.49. The van der Waals surface area contributed by atoms with Crippen LogP contribution in [-0.2, 0) is 20.9 Å². The number of Topliss-reactive ketones (excluding diaryl/α,β-unsaturated/α-hetero) is 1. The standard InChI is InChI=1S/C28H32N4O5S/c1-3-17(2)23(32-28(36)37-16-18-9-5-4-6-10-18)26(35)30-21(15-19-13-14-29-25(19)34)24(33)27-31-20-11-7-8-12-22(20)38-27/h4-12,17,19,21,23H,3,13-16H2,1-2H3,(H,29,34)(H,30,35)(H,32,36)/t17-,19+,21+,23+/m1/s1. The normalized spacial score (nSPS) is 17.3. The number of para-hydroxylation sites is 1. The number of ether oxygens (including phenoxy) is 1. The van der Waals surface area contributed by atoms with E-state index in [9.17, 15) is 19.2 Å². The number of fused-ring (bicyclic) bond motifs is 1. The average Bonchev–Trinajstić information content (AvgIpc) is 3.55. The zero-order valence-electron chi connectivity index (χ0n) is 21.4. The molecule has 0 radical (unpaired) electrons. The molecule has 0 spiro atoms.